The minimum atomic E-state index is -3.69. The molecule has 1 amide bonds. The van der Waals surface area contributed by atoms with Crippen LogP contribution in [0.15, 0.2) is 47.4 Å². The number of nitro groups is 1. The van der Waals surface area contributed by atoms with Crippen LogP contribution in [-0.2, 0) is 14.8 Å². The van der Waals surface area contributed by atoms with Gasteiger partial charge in [-0.15, -0.1) is 0 Å². The fourth-order valence-corrected chi connectivity index (χ4v) is 3.30. The number of sulfonamides is 1. The zero-order valence-electron chi connectivity index (χ0n) is 14.4. The molecule has 8 nitrogen and oxygen atoms in total. The van der Waals surface area contributed by atoms with E-state index in [2.05, 4.69) is 10.0 Å². The number of rotatable bonds is 7. The zero-order valence-corrected chi connectivity index (χ0v) is 15.2. The molecule has 2 aromatic carbocycles. The second-order valence-corrected chi connectivity index (χ2v) is 7.48. The van der Waals surface area contributed by atoms with Crippen LogP contribution < -0.4 is 10.0 Å². The molecule has 26 heavy (non-hydrogen) atoms. The Morgan fingerprint density at radius 2 is 1.77 bits per heavy atom. The molecular weight excluding hydrogens is 358 g/mol. The number of anilines is 1. The third-order valence-electron chi connectivity index (χ3n) is 3.75. The van der Waals surface area contributed by atoms with Gasteiger partial charge in [0.1, 0.15) is 0 Å². The highest BCUT2D eigenvalue weighted by Gasteiger charge is 2.16. The van der Waals surface area contributed by atoms with E-state index in [-0.39, 0.29) is 23.5 Å². The van der Waals surface area contributed by atoms with Crippen molar-refractivity contribution in [1.82, 2.24) is 4.72 Å². The summed E-state index contributed by atoms with van der Waals surface area (Å²) in [7, 11) is -3.69. The molecule has 2 rings (SSSR count). The molecule has 0 bridgehead atoms. The van der Waals surface area contributed by atoms with Gasteiger partial charge in [0.25, 0.3) is 5.69 Å². The summed E-state index contributed by atoms with van der Waals surface area (Å²) in [5, 5.41) is 13.5. The second-order valence-electron chi connectivity index (χ2n) is 5.72. The van der Waals surface area contributed by atoms with Crippen LogP contribution in [0, 0.1) is 24.0 Å². The van der Waals surface area contributed by atoms with Gasteiger partial charge in [-0.3, -0.25) is 14.9 Å². The Morgan fingerprint density at radius 3 is 2.38 bits per heavy atom. The van der Waals surface area contributed by atoms with Crippen molar-refractivity contribution in [3.63, 3.8) is 0 Å². The number of carbonyl (C=O) groups is 1. The summed E-state index contributed by atoms with van der Waals surface area (Å²) in [5.41, 5.74) is 1.51. The van der Waals surface area contributed by atoms with Crippen molar-refractivity contribution in [2.75, 3.05) is 11.9 Å². The van der Waals surface area contributed by atoms with Crippen molar-refractivity contribution in [2.24, 2.45) is 0 Å². The number of amides is 1. The first-order chi connectivity index (χ1) is 12.2. The van der Waals surface area contributed by atoms with Gasteiger partial charge < -0.3 is 5.32 Å². The van der Waals surface area contributed by atoms with Crippen molar-refractivity contribution < 1.29 is 18.1 Å². The smallest absolute Gasteiger partial charge is 0.274 e. The number of nitro benzene ring substituents is 1. The van der Waals surface area contributed by atoms with E-state index in [1.54, 1.807) is 18.2 Å². The predicted octanol–water partition coefficient (Wildman–Crippen LogP) is 2.52. The van der Waals surface area contributed by atoms with Crippen molar-refractivity contribution >= 4 is 27.3 Å². The minimum Gasteiger partial charge on any atom is -0.326 e. The topological polar surface area (TPSA) is 118 Å². The van der Waals surface area contributed by atoms with Gasteiger partial charge in [0, 0.05) is 19.0 Å². The van der Waals surface area contributed by atoms with Crippen LogP contribution in [-0.4, -0.2) is 25.8 Å². The van der Waals surface area contributed by atoms with Crippen molar-refractivity contribution in [3.8, 4) is 0 Å². The van der Waals surface area contributed by atoms with E-state index in [0.29, 0.717) is 11.3 Å². The molecule has 0 atom stereocenters. The van der Waals surface area contributed by atoms with Gasteiger partial charge in [-0.25, -0.2) is 13.1 Å². The van der Waals surface area contributed by atoms with Crippen LogP contribution in [0.1, 0.15) is 17.5 Å². The molecule has 138 valence electrons. The lowest BCUT2D eigenvalue weighted by atomic mass is 10.1. The Balaban J connectivity index is 1.94. The first-order valence-corrected chi connectivity index (χ1v) is 9.29. The lowest BCUT2D eigenvalue weighted by Gasteiger charge is -2.10. The summed E-state index contributed by atoms with van der Waals surface area (Å²) in [5.74, 6) is -0.444. The monoisotopic (exact) mass is 377 g/mol. The first-order valence-electron chi connectivity index (χ1n) is 7.81. The summed E-state index contributed by atoms with van der Waals surface area (Å²) in [6.45, 7) is 3.30. The fourth-order valence-electron chi connectivity index (χ4n) is 2.27. The summed E-state index contributed by atoms with van der Waals surface area (Å²) in [6.07, 6.45) is -0.104. The molecule has 0 aliphatic rings. The van der Waals surface area contributed by atoms with Crippen LogP contribution >= 0.6 is 0 Å². The summed E-state index contributed by atoms with van der Waals surface area (Å²) in [4.78, 5) is 22.5. The molecular formula is C17H19N3O5S. The van der Waals surface area contributed by atoms with E-state index < -0.39 is 20.9 Å². The van der Waals surface area contributed by atoms with Gasteiger partial charge in [-0.2, -0.15) is 0 Å². The SMILES string of the molecule is Cc1ccc(S(=O)(=O)NCCC(=O)Nc2cccc([N+](=O)[O-])c2C)cc1. The van der Waals surface area contributed by atoms with E-state index >= 15 is 0 Å². The quantitative estimate of drug-likeness (QED) is 0.568. The van der Waals surface area contributed by atoms with E-state index in [0.717, 1.165) is 5.56 Å². The summed E-state index contributed by atoms with van der Waals surface area (Å²) < 4.78 is 26.6. The molecule has 0 heterocycles. The van der Waals surface area contributed by atoms with Crippen LogP contribution in [0.3, 0.4) is 0 Å². The van der Waals surface area contributed by atoms with E-state index in [4.69, 9.17) is 0 Å². The van der Waals surface area contributed by atoms with Crippen molar-refractivity contribution in [3.05, 3.63) is 63.7 Å². The molecule has 0 aliphatic carbocycles. The van der Waals surface area contributed by atoms with Crippen LogP contribution in [0.5, 0.6) is 0 Å². The second kappa shape index (κ2) is 8.07. The first kappa shape index (κ1) is 19.5. The molecule has 0 radical (unpaired) electrons. The molecule has 0 spiro atoms. The van der Waals surface area contributed by atoms with Gasteiger partial charge in [0.05, 0.1) is 21.1 Å². The van der Waals surface area contributed by atoms with Gasteiger partial charge in [-0.05, 0) is 32.0 Å². The molecule has 0 aliphatic heterocycles. The Hall–Kier alpha value is -2.78. The number of hydrogen-bond donors (Lipinski definition) is 2. The highest BCUT2D eigenvalue weighted by atomic mass is 32.2. The summed E-state index contributed by atoms with van der Waals surface area (Å²) in [6, 6.07) is 10.7. The summed E-state index contributed by atoms with van der Waals surface area (Å²) >= 11 is 0. The number of nitrogens with zero attached hydrogens (tertiary/aromatic N) is 1. The van der Waals surface area contributed by atoms with Crippen molar-refractivity contribution in [1.29, 1.82) is 0 Å². The highest BCUT2D eigenvalue weighted by molar-refractivity contribution is 7.89. The van der Waals surface area contributed by atoms with Crippen LogP contribution in [0.4, 0.5) is 11.4 Å². The number of hydrogen-bond acceptors (Lipinski definition) is 5. The molecule has 0 saturated heterocycles. The lowest BCUT2D eigenvalue weighted by Crippen LogP contribution is -2.28. The number of benzene rings is 2. The average Bonchev–Trinajstić information content (AvgIpc) is 2.56. The molecule has 0 saturated carbocycles. The normalized spacial score (nSPS) is 11.2. The molecule has 0 unspecified atom stereocenters. The van der Waals surface area contributed by atoms with Crippen LogP contribution in [0.2, 0.25) is 0 Å². The molecule has 0 fully saturated rings. The third kappa shape index (κ3) is 4.87. The standard InChI is InChI=1S/C17H19N3O5S/c1-12-6-8-14(9-7-12)26(24,25)18-11-10-17(21)19-15-4-3-5-16(13(15)2)20(22)23/h3-9,18H,10-11H2,1-2H3,(H,19,21). The van der Waals surface area contributed by atoms with Gasteiger partial charge in [-0.1, -0.05) is 23.8 Å². The maximum atomic E-state index is 12.1. The van der Waals surface area contributed by atoms with E-state index in [1.165, 1.54) is 31.2 Å². The number of carbonyl (C=O) groups excluding carboxylic acids is 1. The molecule has 2 N–H and O–H groups in total. The maximum Gasteiger partial charge on any atom is 0.274 e. The fraction of sp³-hybridized carbons (Fsp3) is 0.235. The average molecular weight is 377 g/mol. The van der Waals surface area contributed by atoms with E-state index in [1.807, 2.05) is 6.92 Å². The van der Waals surface area contributed by atoms with Gasteiger partial charge >= 0.3 is 0 Å². The van der Waals surface area contributed by atoms with Crippen LogP contribution in [0.25, 0.3) is 0 Å². The Bertz CT molecular complexity index is 924. The lowest BCUT2D eigenvalue weighted by molar-refractivity contribution is -0.385. The number of aryl methyl sites for hydroxylation is 1. The highest BCUT2D eigenvalue weighted by Crippen LogP contribution is 2.25. The van der Waals surface area contributed by atoms with Gasteiger partial charge in [0.15, 0.2) is 0 Å². The largest absolute Gasteiger partial charge is 0.326 e. The maximum absolute atomic E-state index is 12.1. The molecule has 9 heteroatoms. The number of nitrogens with one attached hydrogen (secondary N) is 2. The zero-order chi connectivity index (χ0) is 19.3. The van der Waals surface area contributed by atoms with E-state index in [9.17, 15) is 23.3 Å². The van der Waals surface area contributed by atoms with Crippen molar-refractivity contribution in [2.45, 2.75) is 25.2 Å². The third-order valence-corrected chi connectivity index (χ3v) is 5.23. The Morgan fingerprint density at radius 1 is 1.12 bits per heavy atom. The van der Waals surface area contributed by atoms with Gasteiger partial charge in [0.2, 0.25) is 15.9 Å². The minimum absolute atomic E-state index is 0.0873. The molecule has 2 aromatic rings. The predicted molar refractivity (Wildman–Crippen MR) is 97.4 cm³/mol. The Labute approximate surface area is 151 Å². The molecule has 0 aromatic heterocycles. The Kier molecular flexibility index (Phi) is 6.06.